The van der Waals surface area contributed by atoms with Crippen LogP contribution in [0, 0.1) is 0 Å². The molecule has 1 aliphatic rings. The molecule has 0 aliphatic carbocycles. The van der Waals surface area contributed by atoms with Gasteiger partial charge in [0, 0.05) is 18.7 Å². The van der Waals surface area contributed by atoms with Gasteiger partial charge in [0.2, 0.25) is 10.0 Å². The summed E-state index contributed by atoms with van der Waals surface area (Å²) in [4.78, 5) is 12.9. The van der Waals surface area contributed by atoms with Crippen LogP contribution in [0.4, 0.5) is 0 Å². The molecule has 6 nitrogen and oxygen atoms in total. The maximum absolute atomic E-state index is 12.7. The Morgan fingerprint density at radius 1 is 1.06 bits per heavy atom. The Morgan fingerprint density at radius 3 is 2.55 bits per heavy atom. The zero-order valence-corrected chi connectivity index (χ0v) is 18.2. The Balaban J connectivity index is 1.43. The predicted octanol–water partition coefficient (Wildman–Crippen LogP) is 3.79. The van der Waals surface area contributed by atoms with Gasteiger partial charge in [-0.15, -0.1) is 0 Å². The van der Waals surface area contributed by atoms with Crippen molar-refractivity contribution in [3.05, 3.63) is 77.9 Å². The molecule has 2 atom stereocenters. The van der Waals surface area contributed by atoms with Crippen LogP contribution in [0.15, 0.2) is 71.6 Å². The van der Waals surface area contributed by atoms with Crippen LogP contribution in [0.3, 0.4) is 0 Å². The van der Waals surface area contributed by atoms with Gasteiger partial charge in [-0.1, -0.05) is 42.5 Å². The smallest absolute Gasteiger partial charge is 0.251 e. The minimum atomic E-state index is -3.64. The fraction of sp³-hybridized carbons (Fsp3) is 0.292. The summed E-state index contributed by atoms with van der Waals surface area (Å²) in [7, 11) is -3.64. The van der Waals surface area contributed by atoms with E-state index in [9.17, 15) is 13.2 Å². The maximum atomic E-state index is 12.7. The third-order valence-electron chi connectivity index (χ3n) is 5.59. The molecule has 0 unspecified atom stereocenters. The number of hydrogen-bond donors (Lipinski definition) is 2. The molecular weight excluding hydrogens is 412 g/mol. The summed E-state index contributed by atoms with van der Waals surface area (Å²) in [5.74, 6) is -0.253. The quantitative estimate of drug-likeness (QED) is 0.588. The molecule has 31 heavy (non-hydrogen) atoms. The van der Waals surface area contributed by atoms with Gasteiger partial charge in [0.25, 0.3) is 5.91 Å². The van der Waals surface area contributed by atoms with Crippen LogP contribution in [-0.2, 0) is 14.8 Å². The second-order valence-corrected chi connectivity index (χ2v) is 9.54. The first-order chi connectivity index (χ1) is 14.9. The Morgan fingerprint density at radius 2 is 1.81 bits per heavy atom. The number of nitrogens with one attached hydrogen (secondary N) is 2. The van der Waals surface area contributed by atoms with Crippen molar-refractivity contribution in [3.63, 3.8) is 0 Å². The third-order valence-corrected chi connectivity index (χ3v) is 7.03. The molecule has 2 N–H and O–H groups in total. The highest BCUT2D eigenvalue weighted by atomic mass is 32.2. The summed E-state index contributed by atoms with van der Waals surface area (Å²) < 4.78 is 33.0. The lowest BCUT2D eigenvalue weighted by Crippen LogP contribution is -2.32. The van der Waals surface area contributed by atoms with Crippen LogP contribution < -0.4 is 10.0 Å². The van der Waals surface area contributed by atoms with Crippen molar-refractivity contribution >= 4 is 26.7 Å². The van der Waals surface area contributed by atoms with Gasteiger partial charge in [-0.25, -0.2) is 13.1 Å². The fourth-order valence-corrected chi connectivity index (χ4v) is 4.93. The number of carbonyl (C=O) groups excluding carboxylic acids is 1. The molecule has 0 radical (unpaired) electrons. The molecule has 1 saturated heterocycles. The van der Waals surface area contributed by atoms with Crippen molar-refractivity contribution in [1.29, 1.82) is 0 Å². The number of fused-ring (bicyclic) bond motifs is 1. The van der Waals surface area contributed by atoms with Crippen LogP contribution in [0.1, 0.15) is 41.7 Å². The van der Waals surface area contributed by atoms with Crippen molar-refractivity contribution < 1.29 is 17.9 Å². The van der Waals surface area contributed by atoms with Crippen molar-refractivity contribution in [3.8, 4) is 0 Å². The Labute approximate surface area is 182 Å². The fourth-order valence-electron chi connectivity index (χ4n) is 3.86. The van der Waals surface area contributed by atoms with Crippen molar-refractivity contribution in [2.75, 3.05) is 13.2 Å². The molecule has 3 aromatic carbocycles. The predicted molar refractivity (Wildman–Crippen MR) is 120 cm³/mol. The zero-order chi connectivity index (χ0) is 21.8. The van der Waals surface area contributed by atoms with E-state index in [4.69, 9.17) is 4.74 Å². The summed E-state index contributed by atoms with van der Waals surface area (Å²) in [6, 6.07) is 19.8. The molecule has 7 heteroatoms. The standard InChI is InChI=1S/C24H26N2O4S/c1-17(22-10-4-7-18-6-2-3-9-23(18)22)26-24(27)19-11-13-21(14-12-19)31(28,29)25-16-20-8-5-15-30-20/h2-4,6-7,9-14,17,20,25H,5,8,15-16H2,1H3,(H,26,27)/t17-,20+/m0/s1. The SMILES string of the molecule is C[C@H](NC(=O)c1ccc(S(=O)(=O)NC[C@H]2CCCO2)cc1)c1cccc2ccccc12. The second kappa shape index (κ2) is 9.18. The van der Waals surface area contributed by atoms with Crippen molar-refractivity contribution in [2.24, 2.45) is 0 Å². The monoisotopic (exact) mass is 438 g/mol. The maximum Gasteiger partial charge on any atom is 0.251 e. The van der Waals surface area contributed by atoms with E-state index in [2.05, 4.69) is 10.0 Å². The van der Waals surface area contributed by atoms with E-state index in [0.29, 0.717) is 12.2 Å². The zero-order valence-electron chi connectivity index (χ0n) is 17.4. The summed E-state index contributed by atoms with van der Waals surface area (Å²) in [5, 5.41) is 5.22. The van der Waals surface area contributed by atoms with Gasteiger partial charge in [0.1, 0.15) is 0 Å². The minimum absolute atomic E-state index is 0.0737. The molecule has 0 bridgehead atoms. The highest BCUT2D eigenvalue weighted by Gasteiger charge is 2.21. The highest BCUT2D eigenvalue weighted by molar-refractivity contribution is 7.89. The lowest BCUT2D eigenvalue weighted by atomic mass is 9.99. The second-order valence-electron chi connectivity index (χ2n) is 7.77. The molecule has 0 spiro atoms. The van der Waals surface area contributed by atoms with E-state index in [1.807, 2.05) is 49.4 Å². The molecule has 1 amide bonds. The average Bonchev–Trinajstić information content (AvgIpc) is 3.31. The summed E-state index contributed by atoms with van der Waals surface area (Å²) >= 11 is 0. The number of ether oxygens (including phenoxy) is 1. The molecule has 0 aromatic heterocycles. The van der Waals surface area contributed by atoms with E-state index in [-0.39, 0.29) is 29.5 Å². The normalized spacial score (nSPS) is 17.5. The molecule has 1 heterocycles. The van der Waals surface area contributed by atoms with Crippen LogP contribution in [0.2, 0.25) is 0 Å². The van der Waals surface area contributed by atoms with Gasteiger partial charge >= 0.3 is 0 Å². The number of amides is 1. The van der Waals surface area contributed by atoms with Crippen molar-refractivity contribution in [2.45, 2.75) is 36.8 Å². The molecule has 3 aromatic rings. The lowest BCUT2D eigenvalue weighted by Gasteiger charge is -2.17. The van der Waals surface area contributed by atoms with Gasteiger partial charge < -0.3 is 10.1 Å². The average molecular weight is 439 g/mol. The number of hydrogen-bond acceptors (Lipinski definition) is 4. The molecule has 1 fully saturated rings. The van der Waals surface area contributed by atoms with E-state index in [1.54, 1.807) is 0 Å². The minimum Gasteiger partial charge on any atom is -0.377 e. The lowest BCUT2D eigenvalue weighted by molar-refractivity contribution is 0.0940. The Hall–Kier alpha value is -2.74. The van der Waals surface area contributed by atoms with Crippen molar-refractivity contribution in [1.82, 2.24) is 10.0 Å². The summed E-state index contributed by atoms with van der Waals surface area (Å²) in [6.07, 6.45) is 1.74. The highest BCUT2D eigenvalue weighted by Crippen LogP contribution is 2.24. The largest absolute Gasteiger partial charge is 0.377 e. The van der Waals surface area contributed by atoms with Crippen LogP contribution in [0.5, 0.6) is 0 Å². The Kier molecular flexibility index (Phi) is 6.36. The molecule has 0 saturated carbocycles. The Bertz CT molecular complexity index is 1160. The van der Waals surface area contributed by atoms with Crippen LogP contribution >= 0.6 is 0 Å². The molecular formula is C24H26N2O4S. The van der Waals surface area contributed by atoms with Gasteiger partial charge in [-0.05, 0) is 60.4 Å². The first-order valence-electron chi connectivity index (χ1n) is 10.4. The first-order valence-corrected chi connectivity index (χ1v) is 11.9. The number of carbonyl (C=O) groups is 1. The third kappa shape index (κ3) is 4.95. The number of rotatable bonds is 7. The summed E-state index contributed by atoms with van der Waals surface area (Å²) in [5.41, 5.74) is 1.44. The summed E-state index contributed by atoms with van der Waals surface area (Å²) in [6.45, 7) is 2.87. The first kappa shape index (κ1) is 21.5. The van der Waals surface area contributed by atoms with Crippen LogP contribution in [-0.4, -0.2) is 33.6 Å². The molecule has 4 rings (SSSR count). The van der Waals surface area contributed by atoms with E-state index in [0.717, 1.165) is 29.2 Å². The van der Waals surface area contributed by atoms with Gasteiger partial charge in [0.15, 0.2) is 0 Å². The van der Waals surface area contributed by atoms with Gasteiger partial charge in [-0.3, -0.25) is 4.79 Å². The van der Waals surface area contributed by atoms with Crippen LogP contribution in [0.25, 0.3) is 10.8 Å². The molecule has 162 valence electrons. The topological polar surface area (TPSA) is 84.5 Å². The number of benzene rings is 3. The number of sulfonamides is 1. The van der Waals surface area contributed by atoms with Gasteiger partial charge in [-0.2, -0.15) is 0 Å². The van der Waals surface area contributed by atoms with E-state index < -0.39 is 10.0 Å². The molecule has 1 aliphatic heterocycles. The van der Waals surface area contributed by atoms with Gasteiger partial charge in [0.05, 0.1) is 17.0 Å². The van der Waals surface area contributed by atoms with E-state index >= 15 is 0 Å². The van der Waals surface area contributed by atoms with E-state index in [1.165, 1.54) is 24.3 Å².